The zero-order chi connectivity index (χ0) is 15.0. The van der Waals surface area contributed by atoms with Gasteiger partial charge in [0, 0.05) is 22.3 Å². The van der Waals surface area contributed by atoms with Gasteiger partial charge in [-0.2, -0.15) is 9.50 Å². The molecule has 7 nitrogen and oxygen atoms in total. The zero-order valence-electron chi connectivity index (χ0n) is 10.9. The van der Waals surface area contributed by atoms with Gasteiger partial charge in [-0.25, -0.2) is 4.98 Å². The third kappa shape index (κ3) is 2.63. The van der Waals surface area contributed by atoms with Gasteiger partial charge in [0.2, 0.25) is 5.95 Å². The largest absolute Gasteiger partial charge is 0.291 e. The Labute approximate surface area is 123 Å². The molecule has 0 saturated carbocycles. The fraction of sp³-hybridized carbons (Fsp3) is 0.0769. The van der Waals surface area contributed by atoms with Crippen LogP contribution in [0, 0.1) is 6.92 Å². The number of rotatable bonds is 2. The third-order valence-corrected chi connectivity index (χ3v) is 3.01. The summed E-state index contributed by atoms with van der Waals surface area (Å²) in [5, 5.41) is 5.69. The molecule has 21 heavy (non-hydrogen) atoms. The second kappa shape index (κ2) is 5.02. The molecule has 2 aromatic heterocycles. The van der Waals surface area contributed by atoms with Crippen molar-refractivity contribution in [2.45, 2.75) is 6.92 Å². The fourth-order valence-electron chi connectivity index (χ4n) is 1.86. The lowest BCUT2D eigenvalue weighted by molar-refractivity contribution is 0.102. The average molecular weight is 304 g/mol. The fourth-order valence-corrected chi connectivity index (χ4v) is 2.05. The van der Waals surface area contributed by atoms with Gasteiger partial charge in [-0.3, -0.25) is 20.0 Å². The Morgan fingerprint density at radius 1 is 1.33 bits per heavy atom. The lowest BCUT2D eigenvalue weighted by Crippen LogP contribution is -2.16. The number of anilines is 1. The van der Waals surface area contributed by atoms with Crippen LogP contribution in [0.25, 0.3) is 5.78 Å². The van der Waals surface area contributed by atoms with Gasteiger partial charge in [0.25, 0.3) is 17.2 Å². The van der Waals surface area contributed by atoms with Crippen LogP contribution in [-0.2, 0) is 0 Å². The highest BCUT2D eigenvalue weighted by molar-refractivity contribution is 6.31. The van der Waals surface area contributed by atoms with E-state index in [0.29, 0.717) is 16.3 Å². The molecular formula is C13H10ClN5O2. The molecule has 106 valence electrons. The molecule has 0 unspecified atom stereocenters. The molecule has 2 heterocycles. The number of aromatic nitrogens is 4. The van der Waals surface area contributed by atoms with Crippen LogP contribution in [0.2, 0.25) is 5.02 Å². The van der Waals surface area contributed by atoms with Crippen LogP contribution < -0.4 is 10.9 Å². The van der Waals surface area contributed by atoms with E-state index in [1.807, 2.05) is 0 Å². The van der Waals surface area contributed by atoms with Gasteiger partial charge in [0.15, 0.2) is 0 Å². The summed E-state index contributed by atoms with van der Waals surface area (Å²) in [4.78, 5) is 31.9. The van der Waals surface area contributed by atoms with E-state index in [9.17, 15) is 9.59 Å². The minimum absolute atomic E-state index is 0.134. The van der Waals surface area contributed by atoms with Gasteiger partial charge in [0.05, 0.1) is 0 Å². The van der Waals surface area contributed by atoms with Crippen molar-refractivity contribution in [2.24, 2.45) is 0 Å². The van der Waals surface area contributed by atoms with Crippen LogP contribution in [0.1, 0.15) is 16.1 Å². The van der Waals surface area contributed by atoms with E-state index >= 15 is 0 Å². The highest BCUT2D eigenvalue weighted by Crippen LogP contribution is 2.12. The molecule has 8 heteroatoms. The summed E-state index contributed by atoms with van der Waals surface area (Å²) in [5.41, 5.74) is 0.645. The Morgan fingerprint density at radius 2 is 2.14 bits per heavy atom. The van der Waals surface area contributed by atoms with Crippen LogP contribution in [-0.4, -0.2) is 25.5 Å². The zero-order valence-corrected chi connectivity index (χ0v) is 11.7. The number of nitrogens with zero attached hydrogens (tertiary/aromatic N) is 3. The van der Waals surface area contributed by atoms with Crippen molar-refractivity contribution in [3.8, 4) is 0 Å². The first-order chi connectivity index (χ1) is 10.0. The second-order valence-electron chi connectivity index (χ2n) is 4.41. The molecule has 0 spiro atoms. The highest BCUT2D eigenvalue weighted by Gasteiger charge is 2.11. The topological polar surface area (TPSA) is 92.2 Å². The molecule has 0 aliphatic heterocycles. The van der Waals surface area contributed by atoms with Crippen molar-refractivity contribution in [2.75, 3.05) is 5.32 Å². The van der Waals surface area contributed by atoms with E-state index < -0.39 is 0 Å². The van der Waals surface area contributed by atoms with Gasteiger partial charge >= 0.3 is 0 Å². The number of amides is 1. The first kappa shape index (κ1) is 13.3. The number of nitrogens with one attached hydrogen (secondary N) is 2. The van der Waals surface area contributed by atoms with Gasteiger partial charge in [-0.15, -0.1) is 0 Å². The second-order valence-corrected chi connectivity index (χ2v) is 4.84. The Balaban J connectivity index is 1.93. The van der Waals surface area contributed by atoms with Gasteiger partial charge < -0.3 is 0 Å². The third-order valence-electron chi connectivity index (χ3n) is 2.78. The SMILES string of the molecule is Cc1cc(=O)n2[nH]c(NC(=O)c3cccc(Cl)c3)nc2n1. The Kier molecular flexibility index (Phi) is 3.19. The van der Waals surface area contributed by atoms with Crippen molar-refractivity contribution >= 4 is 29.2 Å². The number of carbonyl (C=O) groups excluding carboxylic acids is 1. The number of halogens is 1. The van der Waals surface area contributed by atoms with Gasteiger partial charge in [0.1, 0.15) is 0 Å². The van der Waals surface area contributed by atoms with Gasteiger partial charge in [-0.05, 0) is 25.1 Å². The van der Waals surface area contributed by atoms with Crippen LogP contribution in [0.4, 0.5) is 5.95 Å². The molecular weight excluding hydrogens is 294 g/mol. The molecule has 0 bridgehead atoms. The van der Waals surface area contributed by atoms with Crippen LogP contribution in [0.3, 0.4) is 0 Å². The van der Waals surface area contributed by atoms with Crippen LogP contribution >= 0.6 is 11.6 Å². The number of hydrogen-bond donors (Lipinski definition) is 2. The number of aryl methyl sites for hydroxylation is 1. The van der Waals surface area contributed by atoms with Crippen molar-refractivity contribution in [1.82, 2.24) is 19.6 Å². The molecule has 1 amide bonds. The predicted octanol–water partition coefficient (Wildman–Crippen LogP) is 1.63. The van der Waals surface area contributed by atoms with Gasteiger partial charge in [-0.1, -0.05) is 17.7 Å². The normalized spacial score (nSPS) is 10.8. The van der Waals surface area contributed by atoms with E-state index in [1.165, 1.54) is 12.1 Å². The lowest BCUT2D eigenvalue weighted by Gasteiger charge is -2.01. The van der Waals surface area contributed by atoms with Crippen LogP contribution in [0.15, 0.2) is 35.1 Å². The Bertz CT molecular complexity index is 899. The first-order valence-electron chi connectivity index (χ1n) is 6.06. The molecule has 0 radical (unpaired) electrons. The molecule has 0 saturated heterocycles. The van der Waals surface area contributed by atoms with E-state index in [4.69, 9.17) is 11.6 Å². The first-order valence-corrected chi connectivity index (χ1v) is 6.44. The number of carbonyl (C=O) groups is 1. The summed E-state index contributed by atoms with van der Waals surface area (Å²) in [6.07, 6.45) is 0. The van der Waals surface area contributed by atoms with Crippen molar-refractivity contribution in [3.05, 3.63) is 57.0 Å². The Morgan fingerprint density at radius 3 is 2.90 bits per heavy atom. The highest BCUT2D eigenvalue weighted by atomic mass is 35.5. The molecule has 0 aliphatic carbocycles. The average Bonchev–Trinajstić information content (AvgIpc) is 2.81. The molecule has 0 aliphatic rings. The summed E-state index contributed by atoms with van der Waals surface area (Å²) >= 11 is 5.84. The lowest BCUT2D eigenvalue weighted by atomic mass is 10.2. The minimum atomic E-state index is -0.388. The number of aromatic amines is 1. The van der Waals surface area contributed by atoms with Crippen molar-refractivity contribution in [1.29, 1.82) is 0 Å². The maximum absolute atomic E-state index is 12.1. The van der Waals surface area contributed by atoms with E-state index in [0.717, 1.165) is 4.52 Å². The monoisotopic (exact) mass is 303 g/mol. The summed E-state index contributed by atoms with van der Waals surface area (Å²) in [7, 11) is 0. The predicted molar refractivity (Wildman–Crippen MR) is 77.7 cm³/mol. The maximum Gasteiger partial charge on any atom is 0.274 e. The number of fused-ring (bicyclic) bond motifs is 1. The summed E-state index contributed by atoms with van der Waals surface area (Å²) in [6, 6.07) is 7.87. The minimum Gasteiger partial charge on any atom is -0.291 e. The van der Waals surface area contributed by atoms with E-state index in [2.05, 4.69) is 20.4 Å². The number of benzene rings is 1. The summed E-state index contributed by atoms with van der Waals surface area (Å²) in [5.74, 6) is -0.0575. The molecule has 2 N–H and O–H groups in total. The maximum atomic E-state index is 12.1. The molecule has 0 fully saturated rings. The molecule has 1 aromatic carbocycles. The van der Waals surface area contributed by atoms with Crippen LogP contribution in [0.5, 0.6) is 0 Å². The van der Waals surface area contributed by atoms with E-state index in [1.54, 1.807) is 25.1 Å². The standard InChI is InChI=1S/C13H10ClN5O2/c1-7-5-10(20)19-13(15-7)17-12(18-19)16-11(21)8-3-2-4-9(14)6-8/h2-6H,1H3,(H2,15,16,17,18,21). The summed E-state index contributed by atoms with van der Waals surface area (Å²) < 4.78 is 1.15. The quantitative estimate of drug-likeness (QED) is 0.752. The van der Waals surface area contributed by atoms with E-state index in [-0.39, 0.29) is 23.2 Å². The van der Waals surface area contributed by atoms with Crippen molar-refractivity contribution < 1.29 is 4.79 Å². The summed E-state index contributed by atoms with van der Waals surface area (Å²) in [6.45, 7) is 1.69. The number of H-pyrrole nitrogens is 1. The molecule has 3 rings (SSSR count). The number of hydrogen-bond acceptors (Lipinski definition) is 4. The molecule has 3 aromatic rings. The van der Waals surface area contributed by atoms with Crippen molar-refractivity contribution in [3.63, 3.8) is 0 Å². The smallest absolute Gasteiger partial charge is 0.274 e. The Hall–Kier alpha value is -2.67. The molecule has 0 atom stereocenters.